The molecule has 6 heavy (non-hydrogen) atoms. The Labute approximate surface area is 65.0 Å². The summed E-state index contributed by atoms with van der Waals surface area (Å²) in [7, 11) is 0. The van der Waals surface area contributed by atoms with Gasteiger partial charge >= 0.3 is 43.7 Å². The Morgan fingerprint density at radius 1 is 1.67 bits per heavy atom. The fourth-order valence-corrected chi connectivity index (χ4v) is 0. The van der Waals surface area contributed by atoms with Gasteiger partial charge in [0.1, 0.15) is 6.61 Å². The molecule has 0 atom stereocenters. The van der Waals surface area contributed by atoms with Crippen molar-refractivity contribution < 1.29 is 15.0 Å². The predicted octanol–water partition coefficient (Wildman–Crippen LogP) is -1.32. The van der Waals surface area contributed by atoms with Crippen LogP contribution >= 0.6 is 0 Å². The molecule has 4 heteroatoms. The average Bonchev–Trinajstić information content (AvgIpc) is 1.38. The van der Waals surface area contributed by atoms with Gasteiger partial charge in [0.25, 0.3) is 0 Å². The Kier molecular flexibility index (Phi) is 9.34. The third-order valence-electron chi connectivity index (χ3n) is 0.135. The van der Waals surface area contributed by atoms with Crippen molar-refractivity contribution in [3.05, 3.63) is 0 Å². The number of hydrogen-bond donors (Lipinski definition) is 2. The van der Waals surface area contributed by atoms with Crippen LogP contribution in [0.3, 0.4) is 0 Å². The second-order valence-corrected chi connectivity index (χ2v) is 0.552. The number of carboxylic acids is 1. The van der Waals surface area contributed by atoms with E-state index in [0.717, 1.165) is 0 Å². The molecule has 0 aliphatic carbocycles. The van der Waals surface area contributed by atoms with Crippen LogP contribution in [0.1, 0.15) is 0 Å². The molecule has 0 aromatic carbocycles. The Hall–Kier alpha value is 0.690. The molecule has 0 spiro atoms. The fraction of sp³-hybridized carbons (Fsp3) is 0.500. The maximum Gasteiger partial charge on any atom is 2.00 e. The van der Waals surface area contributed by atoms with Gasteiger partial charge in [0.2, 0.25) is 0 Å². The summed E-state index contributed by atoms with van der Waals surface area (Å²) >= 11 is 0. The molecule has 3 nitrogen and oxygen atoms in total. The van der Waals surface area contributed by atoms with Gasteiger partial charge in [-0.15, -0.1) is 0 Å². The second kappa shape index (κ2) is 5.69. The van der Waals surface area contributed by atoms with Crippen LogP contribution in [0.4, 0.5) is 0 Å². The Morgan fingerprint density at radius 2 is 1.83 bits per heavy atom. The molecule has 0 aromatic heterocycles. The SMILES string of the molecule is O=C(O)CO.[Ca+2]. The van der Waals surface area contributed by atoms with Gasteiger partial charge in [0.05, 0.1) is 0 Å². The van der Waals surface area contributed by atoms with Crippen molar-refractivity contribution in [3.63, 3.8) is 0 Å². The first kappa shape index (κ1) is 9.85. The molecule has 0 radical (unpaired) electrons. The molecule has 0 rings (SSSR count). The fourth-order valence-electron chi connectivity index (χ4n) is 0. The van der Waals surface area contributed by atoms with Crippen molar-refractivity contribution in [1.29, 1.82) is 0 Å². The van der Waals surface area contributed by atoms with Gasteiger partial charge < -0.3 is 10.2 Å². The van der Waals surface area contributed by atoms with Crippen molar-refractivity contribution in [2.75, 3.05) is 6.61 Å². The van der Waals surface area contributed by atoms with E-state index in [1.165, 1.54) is 0 Å². The van der Waals surface area contributed by atoms with Crippen LogP contribution in [0.2, 0.25) is 0 Å². The first-order valence-corrected chi connectivity index (χ1v) is 1.10. The monoisotopic (exact) mass is 116 g/mol. The quantitative estimate of drug-likeness (QED) is 0.418. The van der Waals surface area contributed by atoms with Crippen molar-refractivity contribution in [2.45, 2.75) is 0 Å². The average molecular weight is 116 g/mol. The van der Waals surface area contributed by atoms with E-state index in [9.17, 15) is 0 Å². The second-order valence-electron chi connectivity index (χ2n) is 0.552. The molecule has 0 heterocycles. The summed E-state index contributed by atoms with van der Waals surface area (Å²) in [5.74, 6) is -1.19. The van der Waals surface area contributed by atoms with E-state index < -0.39 is 12.6 Å². The minimum atomic E-state index is -1.19. The van der Waals surface area contributed by atoms with E-state index in [1.807, 2.05) is 0 Å². The Balaban J connectivity index is 0. The summed E-state index contributed by atoms with van der Waals surface area (Å²) < 4.78 is 0. The zero-order valence-electron chi connectivity index (χ0n) is 3.22. The van der Waals surface area contributed by atoms with Crippen LogP contribution in [-0.4, -0.2) is 60.5 Å². The van der Waals surface area contributed by atoms with E-state index in [4.69, 9.17) is 15.0 Å². The summed E-state index contributed by atoms with van der Waals surface area (Å²) in [5.41, 5.74) is 0. The van der Waals surface area contributed by atoms with Gasteiger partial charge in [-0.3, -0.25) is 0 Å². The molecule has 0 bridgehead atoms. The predicted molar refractivity (Wildman–Crippen MR) is 20.5 cm³/mol. The topological polar surface area (TPSA) is 57.5 Å². The van der Waals surface area contributed by atoms with Gasteiger partial charge in [-0.1, -0.05) is 0 Å². The number of hydrogen-bond acceptors (Lipinski definition) is 2. The summed E-state index contributed by atoms with van der Waals surface area (Å²) in [6, 6.07) is 0. The molecule has 0 unspecified atom stereocenters. The van der Waals surface area contributed by atoms with Crippen LogP contribution in [0, 0.1) is 0 Å². The van der Waals surface area contributed by atoms with Crippen molar-refractivity contribution in [3.8, 4) is 0 Å². The van der Waals surface area contributed by atoms with Crippen LogP contribution in [-0.2, 0) is 4.79 Å². The number of carboxylic acid groups (broad SMARTS) is 1. The third-order valence-corrected chi connectivity index (χ3v) is 0.135. The van der Waals surface area contributed by atoms with Gasteiger partial charge in [0, 0.05) is 0 Å². The number of aliphatic hydroxyl groups is 1. The van der Waals surface area contributed by atoms with E-state index in [2.05, 4.69) is 0 Å². The van der Waals surface area contributed by atoms with Crippen molar-refractivity contribution in [2.24, 2.45) is 0 Å². The molecule has 30 valence electrons. The smallest absolute Gasteiger partial charge is 0.480 e. The Morgan fingerprint density at radius 3 is 1.83 bits per heavy atom. The first-order chi connectivity index (χ1) is 2.27. The van der Waals surface area contributed by atoms with Crippen LogP contribution < -0.4 is 0 Å². The minimum Gasteiger partial charge on any atom is -0.480 e. The maximum atomic E-state index is 9.12. The van der Waals surface area contributed by atoms with Gasteiger partial charge in [-0.25, -0.2) is 4.79 Å². The van der Waals surface area contributed by atoms with Crippen LogP contribution in [0.15, 0.2) is 0 Å². The van der Waals surface area contributed by atoms with Crippen molar-refractivity contribution in [1.82, 2.24) is 0 Å². The normalized spacial score (nSPS) is 6.17. The zero-order valence-corrected chi connectivity index (χ0v) is 5.43. The van der Waals surface area contributed by atoms with E-state index >= 15 is 0 Å². The van der Waals surface area contributed by atoms with Gasteiger partial charge in [-0.2, -0.15) is 0 Å². The molecule has 0 aromatic rings. The molecule has 0 aliphatic rings. The number of rotatable bonds is 1. The number of carbonyl (C=O) groups is 1. The van der Waals surface area contributed by atoms with E-state index in [1.54, 1.807) is 0 Å². The summed E-state index contributed by atoms with van der Waals surface area (Å²) in [6.07, 6.45) is 0. The van der Waals surface area contributed by atoms with E-state index in [-0.39, 0.29) is 37.7 Å². The molecule has 0 fully saturated rings. The summed E-state index contributed by atoms with van der Waals surface area (Å²) in [5, 5.41) is 15.0. The molecular weight excluding hydrogens is 112 g/mol. The molecular formula is C2H4CaO3+2. The first-order valence-electron chi connectivity index (χ1n) is 1.10. The van der Waals surface area contributed by atoms with Crippen LogP contribution in [0.25, 0.3) is 0 Å². The standard InChI is InChI=1S/C2H4O3.Ca/c3-1-2(4)5;/h3H,1H2,(H,4,5);/q;+2. The Bertz CT molecular complexity index is 44.1. The minimum absolute atomic E-state index is 0. The van der Waals surface area contributed by atoms with E-state index in [0.29, 0.717) is 0 Å². The summed E-state index contributed by atoms with van der Waals surface area (Å²) in [6.45, 7) is -0.778. The molecule has 0 saturated heterocycles. The summed E-state index contributed by atoms with van der Waals surface area (Å²) in [4.78, 5) is 9.12. The maximum absolute atomic E-state index is 9.12. The zero-order chi connectivity index (χ0) is 4.28. The third kappa shape index (κ3) is 8.83. The van der Waals surface area contributed by atoms with Gasteiger partial charge in [-0.05, 0) is 0 Å². The molecule has 0 amide bonds. The van der Waals surface area contributed by atoms with Crippen LogP contribution in [0.5, 0.6) is 0 Å². The van der Waals surface area contributed by atoms with Crippen molar-refractivity contribution >= 4 is 43.7 Å². The number of aliphatic carboxylic acids is 1. The van der Waals surface area contributed by atoms with Gasteiger partial charge in [0.15, 0.2) is 0 Å². The number of aliphatic hydroxyl groups excluding tert-OH is 1. The molecule has 0 saturated carbocycles. The largest absolute Gasteiger partial charge is 2.00 e. The molecule has 2 N–H and O–H groups in total. The molecule has 0 aliphatic heterocycles.